The number of nitro benzene ring substituents is 1. The van der Waals surface area contributed by atoms with Gasteiger partial charge >= 0.3 is 11.7 Å². The summed E-state index contributed by atoms with van der Waals surface area (Å²) in [6.45, 7) is 4.13. The van der Waals surface area contributed by atoms with Crippen molar-refractivity contribution in [1.29, 1.82) is 0 Å². The maximum absolute atomic E-state index is 11.5. The van der Waals surface area contributed by atoms with Crippen LogP contribution in [0, 0.1) is 10.1 Å². The minimum Gasteiger partial charge on any atom is -0.484 e. The molecule has 0 radical (unpaired) electrons. The lowest BCUT2D eigenvalue weighted by atomic mass is 10.0. The predicted molar refractivity (Wildman–Crippen MR) is 114 cm³/mol. The van der Waals surface area contributed by atoms with Crippen LogP contribution in [0.25, 0.3) is 11.1 Å². The number of benzene rings is 2. The highest BCUT2D eigenvalue weighted by molar-refractivity contribution is 5.88. The summed E-state index contributed by atoms with van der Waals surface area (Å²) in [5, 5.41) is 20.5. The van der Waals surface area contributed by atoms with Crippen LogP contribution >= 0.6 is 0 Å². The van der Waals surface area contributed by atoms with E-state index in [2.05, 4.69) is 6.92 Å². The van der Waals surface area contributed by atoms with Gasteiger partial charge in [0.15, 0.2) is 5.75 Å². The molecular weight excluding hydrogens is 370 g/mol. The highest BCUT2D eigenvalue weighted by Gasteiger charge is 2.19. The Morgan fingerprint density at radius 1 is 1.03 bits per heavy atom. The van der Waals surface area contributed by atoms with Crippen LogP contribution in [0.4, 0.5) is 5.69 Å². The fraction of sp³-hybridized carbons (Fsp3) is 0.435. The van der Waals surface area contributed by atoms with Gasteiger partial charge in [-0.1, -0.05) is 57.2 Å². The van der Waals surface area contributed by atoms with E-state index in [9.17, 15) is 14.9 Å². The van der Waals surface area contributed by atoms with Crippen LogP contribution in [0.3, 0.4) is 0 Å². The van der Waals surface area contributed by atoms with Gasteiger partial charge in [0.1, 0.15) is 0 Å². The zero-order valence-electron chi connectivity index (χ0n) is 17.1. The van der Waals surface area contributed by atoms with Crippen LogP contribution in [0.15, 0.2) is 42.5 Å². The summed E-state index contributed by atoms with van der Waals surface area (Å²) in [5.41, 5.74) is 1.45. The second kappa shape index (κ2) is 11.2. The van der Waals surface area contributed by atoms with Crippen molar-refractivity contribution in [3.63, 3.8) is 0 Å². The van der Waals surface area contributed by atoms with E-state index in [0.717, 1.165) is 19.3 Å². The molecule has 29 heavy (non-hydrogen) atoms. The fourth-order valence-corrected chi connectivity index (χ4v) is 3.23. The van der Waals surface area contributed by atoms with E-state index >= 15 is 0 Å². The topological polar surface area (TPSA) is 89.7 Å². The first kappa shape index (κ1) is 22.4. The quantitative estimate of drug-likeness (QED) is 0.251. The minimum atomic E-state index is -1.01. The summed E-state index contributed by atoms with van der Waals surface area (Å²) in [5.74, 6) is -0.745. The first-order valence-corrected chi connectivity index (χ1v) is 10.2. The molecule has 0 saturated carbocycles. The third kappa shape index (κ3) is 6.89. The first-order valence-electron chi connectivity index (χ1n) is 10.2. The Labute approximate surface area is 171 Å². The maximum atomic E-state index is 11.5. The lowest BCUT2D eigenvalue weighted by Crippen LogP contribution is -2.12. The molecule has 0 aliphatic rings. The largest absolute Gasteiger partial charge is 0.484 e. The van der Waals surface area contributed by atoms with E-state index in [1.54, 1.807) is 24.3 Å². The standard InChI is InChI=1S/C23H29NO5/c1-3-4-5-6-7-8-9-17(2)29-22-15-14-20(16-21(22)24(27)28)18-10-12-19(13-11-18)23(25)26/h10-17H,3-9H2,1-2H3,(H,25,26). The number of nitrogens with zero attached hydrogens (tertiary/aromatic N) is 1. The second-order valence-electron chi connectivity index (χ2n) is 7.31. The molecule has 2 rings (SSSR count). The summed E-state index contributed by atoms with van der Waals surface area (Å²) in [6, 6.07) is 11.1. The van der Waals surface area contributed by atoms with E-state index in [0.29, 0.717) is 11.1 Å². The lowest BCUT2D eigenvalue weighted by molar-refractivity contribution is -0.386. The van der Waals surface area contributed by atoms with Crippen molar-refractivity contribution in [3.8, 4) is 16.9 Å². The van der Waals surface area contributed by atoms with Crippen molar-refractivity contribution in [2.75, 3.05) is 0 Å². The van der Waals surface area contributed by atoms with Crippen molar-refractivity contribution >= 4 is 11.7 Å². The zero-order chi connectivity index (χ0) is 21.2. The van der Waals surface area contributed by atoms with Gasteiger partial charge in [-0.05, 0) is 49.1 Å². The molecular formula is C23H29NO5. The van der Waals surface area contributed by atoms with Gasteiger partial charge in [-0.25, -0.2) is 4.79 Å². The number of rotatable bonds is 12. The number of carbonyl (C=O) groups is 1. The van der Waals surface area contributed by atoms with Gasteiger partial charge < -0.3 is 9.84 Å². The summed E-state index contributed by atoms with van der Waals surface area (Å²) < 4.78 is 5.86. The molecule has 0 saturated heterocycles. The lowest BCUT2D eigenvalue weighted by Gasteiger charge is -2.15. The summed E-state index contributed by atoms with van der Waals surface area (Å²) in [6.07, 6.45) is 7.94. The van der Waals surface area contributed by atoms with E-state index < -0.39 is 10.9 Å². The van der Waals surface area contributed by atoms with Gasteiger partial charge in [0.25, 0.3) is 0 Å². The van der Waals surface area contributed by atoms with Crippen LogP contribution in [0.1, 0.15) is 69.2 Å². The number of hydrogen-bond donors (Lipinski definition) is 1. The van der Waals surface area contributed by atoms with Crippen molar-refractivity contribution in [1.82, 2.24) is 0 Å². The molecule has 1 unspecified atom stereocenters. The Morgan fingerprint density at radius 2 is 1.66 bits per heavy atom. The Morgan fingerprint density at radius 3 is 2.28 bits per heavy atom. The molecule has 0 amide bonds. The average molecular weight is 399 g/mol. The van der Waals surface area contributed by atoms with Gasteiger partial charge in [-0.3, -0.25) is 10.1 Å². The Balaban J connectivity index is 2.03. The molecule has 2 aromatic carbocycles. The summed E-state index contributed by atoms with van der Waals surface area (Å²) in [7, 11) is 0. The Bertz CT molecular complexity index is 817. The smallest absolute Gasteiger partial charge is 0.335 e. The highest BCUT2D eigenvalue weighted by atomic mass is 16.6. The second-order valence-corrected chi connectivity index (χ2v) is 7.31. The number of nitro groups is 1. The molecule has 0 heterocycles. The fourth-order valence-electron chi connectivity index (χ4n) is 3.23. The normalized spacial score (nSPS) is 11.8. The van der Waals surface area contributed by atoms with Crippen molar-refractivity contribution in [2.45, 2.75) is 64.9 Å². The first-order chi connectivity index (χ1) is 13.9. The molecule has 2 aromatic rings. The maximum Gasteiger partial charge on any atom is 0.335 e. The van der Waals surface area contributed by atoms with Crippen LogP contribution in [0.5, 0.6) is 5.75 Å². The molecule has 0 aliphatic heterocycles. The highest BCUT2D eigenvalue weighted by Crippen LogP contribution is 2.33. The molecule has 6 nitrogen and oxygen atoms in total. The van der Waals surface area contributed by atoms with Gasteiger partial charge in [0, 0.05) is 6.07 Å². The minimum absolute atomic E-state index is 0.0837. The van der Waals surface area contributed by atoms with Crippen LogP contribution < -0.4 is 4.74 Å². The number of carboxylic acids is 1. The van der Waals surface area contributed by atoms with Crippen molar-refractivity contribution < 1.29 is 19.6 Å². The third-order valence-corrected chi connectivity index (χ3v) is 4.91. The zero-order valence-corrected chi connectivity index (χ0v) is 17.1. The molecule has 0 aromatic heterocycles. The van der Waals surface area contributed by atoms with Crippen LogP contribution in [-0.2, 0) is 0 Å². The van der Waals surface area contributed by atoms with E-state index in [1.165, 1.54) is 43.9 Å². The van der Waals surface area contributed by atoms with Gasteiger partial charge in [-0.15, -0.1) is 0 Å². The van der Waals surface area contributed by atoms with E-state index in [4.69, 9.17) is 9.84 Å². The number of unbranched alkanes of at least 4 members (excludes halogenated alkanes) is 5. The Kier molecular flexibility index (Phi) is 8.65. The van der Waals surface area contributed by atoms with Crippen LogP contribution in [-0.4, -0.2) is 22.1 Å². The summed E-state index contributed by atoms with van der Waals surface area (Å²) in [4.78, 5) is 22.1. The molecule has 0 bridgehead atoms. The Hall–Kier alpha value is -2.89. The van der Waals surface area contributed by atoms with E-state index in [-0.39, 0.29) is 23.1 Å². The monoisotopic (exact) mass is 399 g/mol. The predicted octanol–water partition coefficient (Wildman–Crippen LogP) is 6.48. The molecule has 0 aliphatic carbocycles. The number of carboxylic acid groups (broad SMARTS) is 1. The molecule has 0 spiro atoms. The molecule has 0 fully saturated rings. The molecule has 156 valence electrons. The van der Waals surface area contributed by atoms with Crippen molar-refractivity contribution in [2.24, 2.45) is 0 Å². The summed E-state index contributed by atoms with van der Waals surface area (Å²) >= 11 is 0. The SMILES string of the molecule is CCCCCCCCC(C)Oc1ccc(-c2ccc(C(=O)O)cc2)cc1[N+](=O)[O-]. The average Bonchev–Trinajstić information content (AvgIpc) is 2.70. The van der Waals surface area contributed by atoms with Crippen molar-refractivity contribution in [3.05, 3.63) is 58.1 Å². The molecule has 1 atom stereocenters. The van der Waals surface area contributed by atoms with Gasteiger partial charge in [0.05, 0.1) is 16.6 Å². The van der Waals surface area contributed by atoms with Crippen LogP contribution in [0.2, 0.25) is 0 Å². The number of aromatic carboxylic acids is 1. The number of hydrogen-bond acceptors (Lipinski definition) is 4. The third-order valence-electron chi connectivity index (χ3n) is 4.91. The molecule has 6 heteroatoms. The van der Waals surface area contributed by atoms with Gasteiger partial charge in [0.2, 0.25) is 0 Å². The van der Waals surface area contributed by atoms with E-state index in [1.807, 2.05) is 6.92 Å². The number of ether oxygens (including phenoxy) is 1. The molecule has 1 N–H and O–H groups in total. The van der Waals surface area contributed by atoms with Gasteiger partial charge in [-0.2, -0.15) is 0 Å².